The molecule has 3 heteroatoms. The maximum Gasteiger partial charge on any atom is 0.119 e. The van der Waals surface area contributed by atoms with Gasteiger partial charge in [0.2, 0.25) is 0 Å². The van der Waals surface area contributed by atoms with Gasteiger partial charge in [-0.15, -0.1) is 0 Å². The van der Waals surface area contributed by atoms with Gasteiger partial charge in [-0.2, -0.15) is 0 Å². The molecule has 3 nitrogen and oxygen atoms in total. The number of methoxy groups -OCH3 is 1. The number of hydrogen-bond donors (Lipinski definition) is 2. The van der Waals surface area contributed by atoms with Crippen LogP contribution in [0.5, 0.6) is 5.75 Å². The third kappa shape index (κ3) is 4.21. The Labute approximate surface area is 97.4 Å². The highest BCUT2D eigenvalue weighted by Crippen LogP contribution is 2.20. The molecule has 0 aliphatic carbocycles. The van der Waals surface area contributed by atoms with E-state index < -0.39 is 6.10 Å². The summed E-state index contributed by atoms with van der Waals surface area (Å²) in [6.45, 7) is 5.01. The Morgan fingerprint density at radius 3 is 2.75 bits per heavy atom. The third-order valence-electron chi connectivity index (χ3n) is 2.45. The van der Waals surface area contributed by atoms with Crippen molar-refractivity contribution < 1.29 is 9.84 Å². The molecule has 90 valence electrons. The van der Waals surface area contributed by atoms with Crippen LogP contribution in [0.3, 0.4) is 0 Å². The number of benzene rings is 1. The van der Waals surface area contributed by atoms with Gasteiger partial charge in [-0.25, -0.2) is 0 Å². The molecule has 0 spiro atoms. The van der Waals surface area contributed by atoms with Crippen molar-refractivity contribution in [3.05, 3.63) is 29.8 Å². The Hall–Kier alpha value is -1.06. The van der Waals surface area contributed by atoms with E-state index >= 15 is 0 Å². The SMILES string of the molecule is COc1cccc(C(O)CCNC(C)C)c1. The summed E-state index contributed by atoms with van der Waals surface area (Å²) in [5.74, 6) is 0.786. The Morgan fingerprint density at radius 2 is 2.12 bits per heavy atom. The molecule has 1 aromatic rings. The van der Waals surface area contributed by atoms with Gasteiger partial charge in [0.05, 0.1) is 13.2 Å². The molecule has 1 unspecified atom stereocenters. The largest absolute Gasteiger partial charge is 0.497 e. The molecule has 16 heavy (non-hydrogen) atoms. The maximum absolute atomic E-state index is 9.96. The number of ether oxygens (including phenoxy) is 1. The zero-order chi connectivity index (χ0) is 12.0. The fraction of sp³-hybridized carbons (Fsp3) is 0.538. The first-order chi connectivity index (χ1) is 7.63. The predicted molar refractivity (Wildman–Crippen MR) is 65.7 cm³/mol. The molecule has 0 fully saturated rings. The van der Waals surface area contributed by atoms with Gasteiger partial charge in [-0.05, 0) is 30.7 Å². The van der Waals surface area contributed by atoms with Gasteiger partial charge in [-0.3, -0.25) is 0 Å². The first-order valence-electron chi connectivity index (χ1n) is 5.69. The van der Waals surface area contributed by atoms with E-state index in [9.17, 15) is 5.11 Å². The second-order valence-electron chi connectivity index (χ2n) is 4.19. The van der Waals surface area contributed by atoms with Crippen LogP contribution in [0, 0.1) is 0 Å². The molecule has 0 aliphatic rings. The molecule has 2 N–H and O–H groups in total. The van der Waals surface area contributed by atoms with Crippen molar-refractivity contribution >= 4 is 0 Å². The average Bonchev–Trinajstić information content (AvgIpc) is 2.28. The lowest BCUT2D eigenvalue weighted by Gasteiger charge is -2.14. The summed E-state index contributed by atoms with van der Waals surface area (Å²) < 4.78 is 5.12. The predicted octanol–water partition coefficient (Wildman–Crippen LogP) is 2.12. The smallest absolute Gasteiger partial charge is 0.119 e. The zero-order valence-electron chi connectivity index (χ0n) is 10.2. The quantitative estimate of drug-likeness (QED) is 0.776. The van der Waals surface area contributed by atoms with Crippen LogP contribution in [-0.2, 0) is 0 Å². The first-order valence-corrected chi connectivity index (χ1v) is 5.69. The normalized spacial score (nSPS) is 12.8. The third-order valence-corrected chi connectivity index (χ3v) is 2.45. The first kappa shape index (κ1) is 13.0. The van der Waals surface area contributed by atoms with E-state index in [0.29, 0.717) is 12.5 Å². The van der Waals surface area contributed by atoms with E-state index in [-0.39, 0.29) is 0 Å². The second-order valence-corrected chi connectivity index (χ2v) is 4.19. The molecule has 0 saturated carbocycles. The minimum absolute atomic E-state index is 0.429. The minimum atomic E-state index is -0.429. The topological polar surface area (TPSA) is 41.5 Å². The van der Waals surface area contributed by atoms with Crippen molar-refractivity contribution in [2.45, 2.75) is 32.4 Å². The van der Waals surface area contributed by atoms with Crippen LogP contribution in [0.4, 0.5) is 0 Å². The number of nitrogens with one attached hydrogen (secondary N) is 1. The maximum atomic E-state index is 9.96. The number of aliphatic hydroxyl groups is 1. The molecule has 1 rings (SSSR count). The van der Waals surface area contributed by atoms with Gasteiger partial charge in [0.1, 0.15) is 5.75 Å². The number of rotatable bonds is 6. The summed E-state index contributed by atoms with van der Waals surface area (Å²) >= 11 is 0. The molecular weight excluding hydrogens is 202 g/mol. The van der Waals surface area contributed by atoms with Crippen LogP contribution >= 0.6 is 0 Å². The van der Waals surface area contributed by atoms with E-state index in [1.165, 1.54) is 0 Å². The van der Waals surface area contributed by atoms with Crippen molar-refractivity contribution in [2.75, 3.05) is 13.7 Å². The van der Waals surface area contributed by atoms with Crippen LogP contribution in [0.2, 0.25) is 0 Å². The Morgan fingerprint density at radius 1 is 1.38 bits per heavy atom. The zero-order valence-corrected chi connectivity index (χ0v) is 10.2. The number of hydrogen-bond acceptors (Lipinski definition) is 3. The second kappa shape index (κ2) is 6.51. The molecule has 0 heterocycles. The Kier molecular flexibility index (Phi) is 5.29. The molecule has 0 bridgehead atoms. The fourth-order valence-electron chi connectivity index (χ4n) is 1.52. The molecule has 0 aliphatic heterocycles. The molecule has 0 amide bonds. The molecule has 1 aromatic carbocycles. The van der Waals surface area contributed by atoms with E-state index in [1.807, 2.05) is 24.3 Å². The standard InChI is InChI=1S/C13H21NO2/c1-10(2)14-8-7-13(15)11-5-4-6-12(9-11)16-3/h4-6,9-10,13-15H,7-8H2,1-3H3. The monoisotopic (exact) mass is 223 g/mol. The molecule has 1 atom stereocenters. The molecule has 0 saturated heterocycles. The highest BCUT2D eigenvalue weighted by Gasteiger charge is 2.08. The van der Waals surface area contributed by atoms with Crippen molar-refractivity contribution in [3.63, 3.8) is 0 Å². The summed E-state index contributed by atoms with van der Waals surface area (Å²) in [5, 5.41) is 13.2. The summed E-state index contributed by atoms with van der Waals surface area (Å²) in [6, 6.07) is 8.02. The van der Waals surface area contributed by atoms with E-state index in [2.05, 4.69) is 19.2 Å². The lowest BCUT2D eigenvalue weighted by atomic mass is 10.1. The minimum Gasteiger partial charge on any atom is -0.497 e. The average molecular weight is 223 g/mol. The summed E-state index contributed by atoms with van der Waals surface area (Å²) in [6.07, 6.45) is 0.284. The number of aliphatic hydroxyl groups excluding tert-OH is 1. The van der Waals surface area contributed by atoms with Gasteiger partial charge in [0.15, 0.2) is 0 Å². The van der Waals surface area contributed by atoms with Crippen molar-refractivity contribution in [3.8, 4) is 5.75 Å². The highest BCUT2D eigenvalue weighted by atomic mass is 16.5. The lowest BCUT2D eigenvalue weighted by Crippen LogP contribution is -2.24. The summed E-state index contributed by atoms with van der Waals surface area (Å²) in [4.78, 5) is 0. The molecule has 0 radical (unpaired) electrons. The van der Waals surface area contributed by atoms with Crippen molar-refractivity contribution in [1.82, 2.24) is 5.32 Å². The van der Waals surface area contributed by atoms with Gasteiger partial charge in [-0.1, -0.05) is 26.0 Å². The van der Waals surface area contributed by atoms with Gasteiger partial charge in [0.25, 0.3) is 0 Å². The van der Waals surface area contributed by atoms with E-state index in [1.54, 1.807) is 7.11 Å². The van der Waals surface area contributed by atoms with Crippen LogP contribution in [0.1, 0.15) is 31.9 Å². The van der Waals surface area contributed by atoms with Gasteiger partial charge in [0, 0.05) is 6.04 Å². The van der Waals surface area contributed by atoms with E-state index in [0.717, 1.165) is 17.9 Å². The van der Waals surface area contributed by atoms with Gasteiger partial charge < -0.3 is 15.2 Å². The highest BCUT2D eigenvalue weighted by molar-refractivity contribution is 5.29. The molecule has 0 aromatic heterocycles. The van der Waals surface area contributed by atoms with Crippen molar-refractivity contribution in [2.24, 2.45) is 0 Å². The summed E-state index contributed by atoms with van der Waals surface area (Å²) in [7, 11) is 1.63. The lowest BCUT2D eigenvalue weighted by molar-refractivity contribution is 0.165. The summed E-state index contributed by atoms with van der Waals surface area (Å²) in [5.41, 5.74) is 0.907. The van der Waals surface area contributed by atoms with E-state index in [4.69, 9.17) is 4.74 Å². The van der Waals surface area contributed by atoms with Crippen molar-refractivity contribution in [1.29, 1.82) is 0 Å². The van der Waals surface area contributed by atoms with Crippen LogP contribution in [-0.4, -0.2) is 24.8 Å². The van der Waals surface area contributed by atoms with Gasteiger partial charge >= 0.3 is 0 Å². The van der Waals surface area contributed by atoms with Crippen LogP contribution < -0.4 is 10.1 Å². The van der Waals surface area contributed by atoms with Crippen LogP contribution in [0.15, 0.2) is 24.3 Å². The fourth-order valence-corrected chi connectivity index (χ4v) is 1.52. The molecular formula is C13H21NO2. The van der Waals surface area contributed by atoms with Crippen LogP contribution in [0.25, 0.3) is 0 Å². The Bertz CT molecular complexity index is 313. The Balaban J connectivity index is 2.48.